The number of carbonyl (C=O) groups excluding carboxylic acids is 3. The molecule has 3 aromatic rings. The molecule has 0 fully saturated rings. The van der Waals surface area contributed by atoms with Gasteiger partial charge < -0.3 is 14.4 Å². The van der Waals surface area contributed by atoms with Crippen LogP contribution >= 0.6 is 11.8 Å². The third-order valence-corrected chi connectivity index (χ3v) is 8.00. The van der Waals surface area contributed by atoms with Crippen molar-refractivity contribution in [3.8, 4) is 5.75 Å². The molecule has 42 heavy (non-hydrogen) atoms. The van der Waals surface area contributed by atoms with Crippen LogP contribution in [0.5, 0.6) is 5.75 Å². The number of rotatable bonds is 5. The maximum atomic E-state index is 15.2. The monoisotopic (exact) mass is 605 g/mol. The molecule has 0 aliphatic carbocycles. The van der Waals surface area contributed by atoms with Crippen LogP contribution in [0.25, 0.3) is 0 Å². The third-order valence-electron chi connectivity index (χ3n) is 6.83. The Labute approximate surface area is 240 Å². The molecule has 2 atom stereocenters. The van der Waals surface area contributed by atoms with E-state index in [2.05, 4.69) is 4.74 Å². The van der Waals surface area contributed by atoms with Crippen LogP contribution in [0.2, 0.25) is 0 Å². The fourth-order valence-electron chi connectivity index (χ4n) is 5.05. The van der Waals surface area contributed by atoms with Crippen LogP contribution in [0.3, 0.4) is 0 Å². The van der Waals surface area contributed by atoms with Crippen molar-refractivity contribution in [1.29, 1.82) is 0 Å². The van der Waals surface area contributed by atoms with E-state index in [-0.39, 0.29) is 4.90 Å². The number of hydrogen-bond donors (Lipinski definition) is 0. The molecular formula is C28H23F4N3O6S. The summed E-state index contributed by atoms with van der Waals surface area (Å²) in [6.07, 6.45) is -3.88. The lowest BCUT2D eigenvalue weighted by Gasteiger charge is -2.46. The smallest absolute Gasteiger partial charge is 0.412 e. The van der Waals surface area contributed by atoms with Gasteiger partial charge in [-0.3, -0.25) is 28.9 Å². The van der Waals surface area contributed by atoms with Gasteiger partial charge in [0.2, 0.25) is 11.2 Å². The Morgan fingerprint density at radius 1 is 1.02 bits per heavy atom. The Hall–Kier alpha value is -4.33. The van der Waals surface area contributed by atoms with E-state index < -0.39 is 72.1 Å². The molecular weight excluding hydrogens is 582 g/mol. The first-order valence-corrected chi connectivity index (χ1v) is 13.6. The number of pyridine rings is 1. The highest BCUT2D eigenvalue weighted by Gasteiger charge is 2.51. The van der Waals surface area contributed by atoms with Gasteiger partial charge in [-0.2, -0.15) is 13.2 Å². The molecule has 3 heterocycles. The number of benzene rings is 2. The first kappa shape index (κ1) is 29.2. The molecule has 0 bridgehead atoms. The first-order valence-electron chi connectivity index (χ1n) is 12.6. The van der Waals surface area contributed by atoms with Crippen molar-refractivity contribution in [2.75, 3.05) is 18.3 Å². The molecule has 0 saturated heterocycles. The lowest BCUT2D eigenvalue weighted by atomic mass is 9.94. The summed E-state index contributed by atoms with van der Waals surface area (Å²) in [5, 5.41) is 1.36. The minimum Gasteiger partial charge on any atom is -0.463 e. The summed E-state index contributed by atoms with van der Waals surface area (Å²) in [5.74, 6) is -4.22. The molecule has 0 radical (unpaired) electrons. The number of fused-ring (bicyclic) bond motifs is 3. The van der Waals surface area contributed by atoms with E-state index >= 15 is 4.39 Å². The normalized spacial score (nSPS) is 17.0. The molecule has 220 valence electrons. The highest BCUT2D eigenvalue weighted by molar-refractivity contribution is 7.98. The van der Waals surface area contributed by atoms with Crippen LogP contribution in [0.15, 0.2) is 64.4 Å². The summed E-state index contributed by atoms with van der Waals surface area (Å²) in [7, 11) is 0. The van der Waals surface area contributed by atoms with Gasteiger partial charge in [0.15, 0.2) is 11.7 Å². The van der Waals surface area contributed by atoms with E-state index in [0.29, 0.717) is 21.8 Å². The first-order chi connectivity index (χ1) is 19.9. The summed E-state index contributed by atoms with van der Waals surface area (Å²) < 4.78 is 69.4. The highest BCUT2D eigenvalue weighted by Crippen LogP contribution is 2.44. The van der Waals surface area contributed by atoms with E-state index in [1.807, 2.05) is 6.07 Å². The van der Waals surface area contributed by atoms with E-state index in [1.54, 1.807) is 24.3 Å². The van der Waals surface area contributed by atoms with Gasteiger partial charge in [0.1, 0.15) is 19.1 Å². The molecule has 0 saturated carbocycles. The number of alkyl halides is 3. The van der Waals surface area contributed by atoms with Crippen molar-refractivity contribution in [3.05, 3.63) is 93.2 Å². The van der Waals surface area contributed by atoms with Gasteiger partial charge >= 0.3 is 18.1 Å². The van der Waals surface area contributed by atoms with E-state index in [1.165, 1.54) is 35.1 Å². The Morgan fingerprint density at radius 2 is 1.74 bits per heavy atom. The SMILES string of the molecule is CC(=O)OC[C@@H](N1CN([C@H]2c3ccccc3CSc3c(F)cccc32)n2ccc(=O)c(OC(C)=O)c2C1=O)C(F)(F)F. The summed E-state index contributed by atoms with van der Waals surface area (Å²) in [6, 6.07) is 8.85. The predicted octanol–water partition coefficient (Wildman–Crippen LogP) is 4.15. The van der Waals surface area contributed by atoms with Crippen molar-refractivity contribution < 1.29 is 41.4 Å². The lowest BCUT2D eigenvalue weighted by Crippen LogP contribution is -2.62. The number of halogens is 4. The molecule has 14 heteroatoms. The van der Waals surface area contributed by atoms with Gasteiger partial charge in [0, 0.05) is 36.8 Å². The quantitative estimate of drug-likeness (QED) is 0.316. The van der Waals surface area contributed by atoms with Gasteiger partial charge in [0.05, 0.1) is 6.04 Å². The Balaban J connectivity index is 1.79. The average Bonchev–Trinajstić information content (AvgIpc) is 3.08. The van der Waals surface area contributed by atoms with Crippen molar-refractivity contribution in [3.63, 3.8) is 0 Å². The second kappa shape index (κ2) is 11.2. The number of ether oxygens (including phenoxy) is 2. The average molecular weight is 606 g/mol. The van der Waals surface area contributed by atoms with Crippen LogP contribution in [-0.4, -0.2) is 52.9 Å². The molecule has 2 aliphatic heterocycles. The summed E-state index contributed by atoms with van der Waals surface area (Å²) in [4.78, 5) is 50.7. The fourth-order valence-corrected chi connectivity index (χ4v) is 6.17. The second-order valence-electron chi connectivity index (χ2n) is 9.56. The Bertz CT molecular complexity index is 1640. The molecule has 1 amide bonds. The predicted molar refractivity (Wildman–Crippen MR) is 142 cm³/mol. The largest absolute Gasteiger partial charge is 0.463 e. The van der Waals surface area contributed by atoms with Gasteiger partial charge in [-0.1, -0.05) is 36.4 Å². The molecule has 0 spiro atoms. The van der Waals surface area contributed by atoms with E-state index in [0.717, 1.165) is 30.2 Å². The van der Waals surface area contributed by atoms with E-state index in [9.17, 15) is 32.3 Å². The van der Waals surface area contributed by atoms with Gasteiger partial charge in [0.25, 0.3) is 5.91 Å². The van der Waals surface area contributed by atoms with Crippen molar-refractivity contribution in [1.82, 2.24) is 9.58 Å². The van der Waals surface area contributed by atoms with Crippen LogP contribution in [0.4, 0.5) is 17.6 Å². The van der Waals surface area contributed by atoms with Gasteiger partial charge in [-0.15, -0.1) is 11.8 Å². The number of esters is 2. The molecule has 2 aromatic carbocycles. The standard InChI is InChI=1S/C28H23F4N3O6S/c1-15(36)40-12-22(28(30,31)32)33-14-35(34-11-10-21(38)25(41-16(2)37)24(34)27(33)39)23-18-7-4-3-6-17(18)13-42-26-19(23)8-5-9-20(26)29/h3-11,22-23H,12-14H2,1-2H3/t22-,23+/m1/s1. The summed E-state index contributed by atoms with van der Waals surface area (Å²) in [6.45, 7) is -0.0413. The van der Waals surface area contributed by atoms with E-state index in [4.69, 9.17) is 4.74 Å². The third kappa shape index (κ3) is 5.33. The number of thioether (sulfide) groups is 1. The van der Waals surface area contributed by atoms with Gasteiger partial charge in [-0.25, -0.2) is 4.39 Å². The second-order valence-corrected chi connectivity index (χ2v) is 10.5. The number of nitrogens with zero attached hydrogens (tertiary/aromatic N) is 3. The van der Waals surface area contributed by atoms with Crippen LogP contribution in [-0.2, 0) is 20.1 Å². The number of aromatic nitrogens is 1. The minimum atomic E-state index is -5.07. The zero-order valence-electron chi connectivity index (χ0n) is 22.2. The lowest BCUT2D eigenvalue weighted by molar-refractivity contribution is -0.192. The molecule has 1 aromatic heterocycles. The topological polar surface area (TPSA) is 98.2 Å². The van der Waals surface area contributed by atoms with Crippen molar-refractivity contribution in [2.45, 2.75) is 42.8 Å². The highest BCUT2D eigenvalue weighted by atomic mass is 32.2. The number of hydrogen-bond acceptors (Lipinski definition) is 8. The van der Waals surface area contributed by atoms with Gasteiger partial charge in [-0.05, 0) is 22.8 Å². The van der Waals surface area contributed by atoms with Crippen molar-refractivity contribution in [2.24, 2.45) is 0 Å². The maximum Gasteiger partial charge on any atom is 0.412 e. The zero-order chi connectivity index (χ0) is 30.3. The fraction of sp³-hybridized carbons (Fsp3) is 0.286. The van der Waals surface area contributed by atoms with Crippen molar-refractivity contribution >= 4 is 29.6 Å². The molecule has 0 N–H and O–H groups in total. The molecule has 0 unspecified atom stereocenters. The van der Waals surface area contributed by atoms with Crippen LogP contribution in [0, 0.1) is 5.82 Å². The zero-order valence-corrected chi connectivity index (χ0v) is 23.0. The number of carbonyl (C=O) groups is 3. The Kier molecular flexibility index (Phi) is 7.75. The minimum absolute atomic E-state index is 0.261. The molecule has 2 aliphatic rings. The summed E-state index contributed by atoms with van der Waals surface area (Å²) >= 11 is 1.22. The van der Waals surface area contributed by atoms with Crippen LogP contribution < -0.4 is 15.2 Å². The summed E-state index contributed by atoms with van der Waals surface area (Å²) in [5.41, 5.74) is 0.223. The number of amides is 1. The maximum absolute atomic E-state index is 15.2. The Morgan fingerprint density at radius 3 is 2.43 bits per heavy atom. The molecule has 5 rings (SSSR count). The van der Waals surface area contributed by atoms with Crippen LogP contribution in [0.1, 0.15) is 47.1 Å². The molecule has 9 nitrogen and oxygen atoms in total.